The monoisotopic (exact) mass is 489 g/mol. The van der Waals surface area contributed by atoms with Gasteiger partial charge in [0, 0.05) is 32.7 Å². The first kappa shape index (κ1) is 28.8. The Balaban J connectivity index is 0.000000363. The van der Waals surface area contributed by atoms with Gasteiger partial charge in [0.2, 0.25) is 5.91 Å². The number of hydrogen-bond acceptors (Lipinski definition) is 6. The molecular weight excluding hydrogens is 446 g/mol. The molecule has 3 aliphatic rings. The number of fused-ring (bicyclic) bond motifs is 1. The Morgan fingerprint density at radius 3 is 2.40 bits per heavy atom. The maximum atomic E-state index is 12.6. The molecule has 0 radical (unpaired) electrons. The zero-order valence-electron chi connectivity index (χ0n) is 21.3. The maximum absolute atomic E-state index is 12.6. The van der Waals surface area contributed by atoms with E-state index >= 15 is 0 Å². The van der Waals surface area contributed by atoms with Crippen LogP contribution in [0.3, 0.4) is 0 Å². The second-order valence-electron chi connectivity index (χ2n) is 9.43. The van der Waals surface area contributed by atoms with Crippen LogP contribution >= 0.6 is 0 Å². The molecule has 1 unspecified atom stereocenters. The van der Waals surface area contributed by atoms with E-state index in [1.54, 1.807) is 18.0 Å². The first-order valence-corrected chi connectivity index (χ1v) is 13.0. The summed E-state index contributed by atoms with van der Waals surface area (Å²) in [4.78, 5) is 37.0. The third-order valence-electron chi connectivity index (χ3n) is 7.08. The van der Waals surface area contributed by atoms with Crippen LogP contribution in [0.2, 0.25) is 0 Å². The minimum atomic E-state index is -0.587. The highest BCUT2D eigenvalue weighted by atomic mass is 16.5. The third kappa shape index (κ3) is 8.61. The molecule has 1 aromatic carbocycles. The number of carbonyl (C=O) groups excluding carboxylic acids is 3. The lowest BCUT2D eigenvalue weighted by molar-refractivity contribution is -0.121. The molecule has 0 bridgehead atoms. The van der Waals surface area contributed by atoms with E-state index in [0.29, 0.717) is 18.5 Å². The van der Waals surface area contributed by atoms with E-state index in [9.17, 15) is 14.4 Å². The minimum Gasteiger partial charge on any atom is -0.490 e. The molecular formula is C27H43N3O5. The number of nitrogens with two attached hydrogens (primary N) is 1. The summed E-state index contributed by atoms with van der Waals surface area (Å²) in [5.74, 6) is 1.36. The van der Waals surface area contributed by atoms with Crippen LogP contribution in [0.1, 0.15) is 86.6 Å². The second-order valence-corrected chi connectivity index (χ2v) is 9.43. The van der Waals surface area contributed by atoms with Crippen LogP contribution in [0.5, 0.6) is 5.75 Å². The smallest absolute Gasteiger partial charge is 0.255 e. The molecule has 4 N–H and O–H groups in total. The summed E-state index contributed by atoms with van der Waals surface area (Å²) in [6, 6.07) is 4.93. The van der Waals surface area contributed by atoms with Gasteiger partial charge in [-0.25, -0.2) is 0 Å². The number of amides is 2. The van der Waals surface area contributed by atoms with Gasteiger partial charge in [-0.15, -0.1) is 0 Å². The van der Waals surface area contributed by atoms with Crippen LogP contribution in [0.15, 0.2) is 18.2 Å². The van der Waals surface area contributed by atoms with Gasteiger partial charge in [-0.05, 0) is 81.2 Å². The SMILES string of the molecule is CNC(=O)CCC(C=O)N1Cc2cc(OC3CCCC3)ccc2C1=O.CO.NCC1CCCCC1. The summed E-state index contributed by atoms with van der Waals surface area (Å²) in [6.07, 6.45) is 13.2. The van der Waals surface area contributed by atoms with E-state index in [4.69, 9.17) is 15.6 Å². The Labute approximate surface area is 209 Å². The molecule has 1 aliphatic heterocycles. The molecule has 2 aliphatic carbocycles. The van der Waals surface area contributed by atoms with Gasteiger partial charge in [0.1, 0.15) is 12.0 Å². The topological polar surface area (TPSA) is 122 Å². The van der Waals surface area contributed by atoms with Crippen LogP contribution in [0, 0.1) is 5.92 Å². The molecule has 8 heteroatoms. The number of aliphatic hydroxyl groups excluding tert-OH is 1. The quantitative estimate of drug-likeness (QED) is 0.482. The number of carbonyl (C=O) groups is 3. The molecule has 1 aromatic rings. The molecule has 196 valence electrons. The number of rotatable bonds is 8. The van der Waals surface area contributed by atoms with Crippen molar-refractivity contribution in [3.63, 3.8) is 0 Å². The number of ether oxygens (including phenoxy) is 1. The van der Waals surface area contributed by atoms with Gasteiger partial charge < -0.3 is 30.6 Å². The average molecular weight is 490 g/mol. The van der Waals surface area contributed by atoms with Crippen molar-refractivity contribution >= 4 is 18.1 Å². The van der Waals surface area contributed by atoms with E-state index in [2.05, 4.69) is 5.32 Å². The molecule has 4 rings (SSSR count). The number of nitrogens with zero attached hydrogens (tertiary/aromatic N) is 1. The van der Waals surface area contributed by atoms with Gasteiger partial charge in [0.05, 0.1) is 12.1 Å². The lowest BCUT2D eigenvalue weighted by Crippen LogP contribution is -2.37. The summed E-state index contributed by atoms with van der Waals surface area (Å²) in [7, 11) is 2.56. The molecule has 0 aromatic heterocycles. The molecule has 35 heavy (non-hydrogen) atoms. The van der Waals surface area contributed by atoms with Crippen molar-refractivity contribution < 1.29 is 24.2 Å². The second kappa shape index (κ2) is 15.5. The highest BCUT2D eigenvalue weighted by Crippen LogP contribution is 2.31. The Morgan fingerprint density at radius 1 is 1.17 bits per heavy atom. The zero-order chi connectivity index (χ0) is 25.6. The summed E-state index contributed by atoms with van der Waals surface area (Å²) < 4.78 is 6.00. The Kier molecular flexibility index (Phi) is 12.8. The highest BCUT2D eigenvalue weighted by molar-refractivity contribution is 5.99. The maximum Gasteiger partial charge on any atom is 0.255 e. The molecule has 8 nitrogen and oxygen atoms in total. The third-order valence-corrected chi connectivity index (χ3v) is 7.08. The van der Waals surface area contributed by atoms with Crippen molar-refractivity contribution in [3.8, 4) is 5.75 Å². The summed E-state index contributed by atoms with van der Waals surface area (Å²) in [5, 5.41) is 9.53. The summed E-state index contributed by atoms with van der Waals surface area (Å²) in [5.41, 5.74) is 7.00. The predicted molar refractivity (Wildman–Crippen MR) is 136 cm³/mol. The van der Waals surface area contributed by atoms with Crippen molar-refractivity contribution in [2.75, 3.05) is 20.7 Å². The molecule has 1 heterocycles. The average Bonchev–Trinajstić information content (AvgIpc) is 3.54. The standard InChI is InChI=1S/C19H24N2O4.C7H15N.CH4O/c1-20-18(23)9-6-14(12-22)21-11-13-10-16(7-8-17(13)19(21)24)25-15-4-2-3-5-15;8-6-7-4-2-1-3-5-7;1-2/h7-8,10,12,14-15H,2-6,9,11H2,1H3,(H,20,23);7H,1-6,8H2;2H,1H3. The fraction of sp³-hybridized carbons (Fsp3) is 0.667. The van der Waals surface area contributed by atoms with Crippen LogP contribution in [0.4, 0.5) is 0 Å². The van der Waals surface area contributed by atoms with Crippen LogP contribution in [-0.2, 0) is 16.1 Å². The van der Waals surface area contributed by atoms with Gasteiger partial charge in [0.15, 0.2) is 0 Å². The number of benzene rings is 1. The number of aldehydes is 1. The fourth-order valence-corrected chi connectivity index (χ4v) is 4.98. The van der Waals surface area contributed by atoms with Crippen LogP contribution < -0.4 is 15.8 Å². The first-order chi connectivity index (χ1) is 17.0. The molecule has 2 saturated carbocycles. The number of hydrogen-bond donors (Lipinski definition) is 3. The lowest BCUT2D eigenvalue weighted by Gasteiger charge is -2.22. The fourth-order valence-electron chi connectivity index (χ4n) is 4.98. The zero-order valence-corrected chi connectivity index (χ0v) is 21.3. The van der Waals surface area contributed by atoms with Gasteiger partial charge in [0.25, 0.3) is 5.91 Å². The first-order valence-electron chi connectivity index (χ1n) is 13.0. The Bertz CT molecular complexity index is 804. The van der Waals surface area contributed by atoms with Crippen molar-refractivity contribution in [3.05, 3.63) is 29.3 Å². The van der Waals surface area contributed by atoms with Gasteiger partial charge in [-0.3, -0.25) is 9.59 Å². The largest absolute Gasteiger partial charge is 0.490 e. The van der Waals surface area contributed by atoms with E-state index in [0.717, 1.165) is 50.0 Å². The predicted octanol–water partition coefficient (Wildman–Crippen LogP) is 3.19. The molecule has 1 atom stereocenters. The molecule has 2 amide bonds. The van der Waals surface area contributed by atoms with Crippen molar-refractivity contribution in [2.45, 2.75) is 89.3 Å². The van der Waals surface area contributed by atoms with Gasteiger partial charge in [-0.2, -0.15) is 0 Å². The van der Waals surface area contributed by atoms with Gasteiger partial charge >= 0.3 is 0 Å². The van der Waals surface area contributed by atoms with Crippen molar-refractivity contribution in [1.82, 2.24) is 10.2 Å². The van der Waals surface area contributed by atoms with Crippen molar-refractivity contribution in [2.24, 2.45) is 11.7 Å². The summed E-state index contributed by atoms with van der Waals surface area (Å²) >= 11 is 0. The van der Waals surface area contributed by atoms with Crippen molar-refractivity contribution in [1.29, 1.82) is 0 Å². The number of nitrogens with one attached hydrogen (secondary N) is 1. The van der Waals surface area contributed by atoms with Crippen LogP contribution in [0.25, 0.3) is 0 Å². The lowest BCUT2D eigenvalue weighted by atomic mass is 9.90. The van der Waals surface area contributed by atoms with E-state index in [1.807, 2.05) is 12.1 Å². The minimum absolute atomic E-state index is 0.136. The van der Waals surface area contributed by atoms with E-state index in [1.165, 1.54) is 44.9 Å². The molecule has 2 fully saturated rings. The normalized spacial score (nSPS) is 18.5. The number of aliphatic hydroxyl groups is 1. The molecule has 0 spiro atoms. The highest BCUT2D eigenvalue weighted by Gasteiger charge is 2.33. The Morgan fingerprint density at radius 2 is 1.83 bits per heavy atom. The van der Waals surface area contributed by atoms with E-state index < -0.39 is 6.04 Å². The van der Waals surface area contributed by atoms with Crippen LogP contribution in [-0.4, -0.2) is 61.0 Å². The van der Waals surface area contributed by atoms with E-state index in [-0.39, 0.29) is 24.3 Å². The summed E-state index contributed by atoms with van der Waals surface area (Å²) in [6.45, 7) is 1.30. The molecule has 0 saturated heterocycles. The Hall–Kier alpha value is -2.45. The van der Waals surface area contributed by atoms with Gasteiger partial charge in [-0.1, -0.05) is 19.3 Å².